The van der Waals surface area contributed by atoms with Crippen LogP contribution in [-0.2, 0) is 16.0 Å². The third kappa shape index (κ3) is 7.64. The van der Waals surface area contributed by atoms with Gasteiger partial charge in [0.05, 0.1) is 0 Å². The molecule has 1 aromatic carbocycles. The highest BCUT2D eigenvalue weighted by atomic mass is 16.5. The van der Waals surface area contributed by atoms with Crippen molar-refractivity contribution in [3.05, 3.63) is 46.1 Å². The van der Waals surface area contributed by atoms with Crippen molar-refractivity contribution in [3.63, 3.8) is 0 Å². The summed E-state index contributed by atoms with van der Waals surface area (Å²) in [5, 5.41) is 10.7. The highest BCUT2D eigenvalue weighted by Crippen LogP contribution is 2.49. The number of carbonyl (C=O) groups excluding carboxylic acids is 2. The molecule has 2 unspecified atom stereocenters. The maximum Gasteiger partial charge on any atom is 0.182 e. The van der Waals surface area contributed by atoms with Gasteiger partial charge in [-0.25, -0.2) is 0 Å². The lowest BCUT2D eigenvalue weighted by molar-refractivity contribution is -0.115. The van der Waals surface area contributed by atoms with Gasteiger partial charge in [-0.3, -0.25) is 9.59 Å². The summed E-state index contributed by atoms with van der Waals surface area (Å²) in [4.78, 5) is 25.2. The molecule has 0 radical (unpaired) electrons. The summed E-state index contributed by atoms with van der Waals surface area (Å²) in [6.07, 6.45) is 15.6. The maximum absolute atomic E-state index is 13.0. The minimum Gasteiger partial charge on any atom is -0.507 e. The maximum atomic E-state index is 13.0. The second-order valence-electron chi connectivity index (χ2n) is 13.3. The van der Waals surface area contributed by atoms with E-state index in [2.05, 4.69) is 34.6 Å². The van der Waals surface area contributed by atoms with Crippen LogP contribution in [0.25, 0.3) is 0 Å². The molecule has 4 nitrogen and oxygen atoms in total. The van der Waals surface area contributed by atoms with E-state index in [0.29, 0.717) is 23.7 Å². The first-order chi connectivity index (χ1) is 18.3. The summed E-state index contributed by atoms with van der Waals surface area (Å²) in [5.41, 5.74) is 3.47. The predicted octanol–water partition coefficient (Wildman–Crippen LogP) is 8.70. The van der Waals surface area contributed by atoms with Crippen LogP contribution in [0.1, 0.15) is 115 Å². The number of hydrogen-bond donors (Lipinski definition) is 1. The smallest absolute Gasteiger partial charge is 0.182 e. The average Bonchev–Trinajstić information content (AvgIpc) is 2.87. The van der Waals surface area contributed by atoms with Gasteiger partial charge in [0.2, 0.25) is 0 Å². The molecule has 4 atom stereocenters. The first kappa shape index (κ1) is 31.2. The molecule has 1 aliphatic heterocycles. The number of ketones is 2. The van der Waals surface area contributed by atoms with Gasteiger partial charge in [-0.15, -0.1) is 0 Å². The summed E-state index contributed by atoms with van der Waals surface area (Å²) >= 11 is 0. The van der Waals surface area contributed by atoms with Crippen molar-refractivity contribution in [2.45, 2.75) is 125 Å². The second kappa shape index (κ2) is 13.3. The minimum atomic E-state index is -0.606. The van der Waals surface area contributed by atoms with Crippen molar-refractivity contribution in [1.29, 1.82) is 0 Å². The van der Waals surface area contributed by atoms with E-state index in [1.165, 1.54) is 56.8 Å². The fraction of sp³-hybridized carbons (Fsp3) is 0.657. The van der Waals surface area contributed by atoms with Crippen molar-refractivity contribution >= 4 is 11.6 Å². The normalized spacial score (nSPS) is 22.5. The second-order valence-corrected chi connectivity index (χ2v) is 13.3. The number of benzene rings is 1. The Labute approximate surface area is 237 Å². The van der Waals surface area contributed by atoms with Gasteiger partial charge in [-0.2, -0.15) is 0 Å². The molecule has 0 saturated carbocycles. The first-order valence-corrected chi connectivity index (χ1v) is 15.3. The van der Waals surface area contributed by atoms with E-state index in [9.17, 15) is 14.7 Å². The zero-order valence-corrected chi connectivity index (χ0v) is 25.8. The summed E-state index contributed by atoms with van der Waals surface area (Å²) in [6, 6.07) is 0. The number of ether oxygens (including phenoxy) is 1. The molecular weight excluding hydrogens is 484 g/mol. The standard InChI is InChI=1S/C35H52O4/c1-22(2)12-9-13-23(3)14-10-15-24(4)16-11-19-35(8)31(30-20-28(36)17-18-32(30)37)21-29-27(7)33(38)25(5)26(6)34(29)39-35/h17-18,20,22-24,31,38H,9-16,19,21H2,1-8H3/t23-,24?,31?,35-/m0/s1. The summed E-state index contributed by atoms with van der Waals surface area (Å²) in [6.45, 7) is 17.3. The predicted molar refractivity (Wildman–Crippen MR) is 161 cm³/mol. The van der Waals surface area contributed by atoms with Crippen LogP contribution in [0.15, 0.2) is 23.8 Å². The molecule has 1 aromatic rings. The Morgan fingerprint density at radius 2 is 1.46 bits per heavy atom. The van der Waals surface area contributed by atoms with Gasteiger partial charge in [0.1, 0.15) is 17.1 Å². The zero-order chi connectivity index (χ0) is 28.9. The summed E-state index contributed by atoms with van der Waals surface area (Å²) in [7, 11) is 0. The van der Waals surface area contributed by atoms with Gasteiger partial charge >= 0.3 is 0 Å². The lowest BCUT2D eigenvalue weighted by Crippen LogP contribution is -2.47. The number of fused-ring (bicyclic) bond motifs is 1. The number of phenolic OH excluding ortho intramolecular Hbond substituents is 1. The van der Waals surface area contributed by atoms with Gasteiger partial charge < -0.3 is 9.84 Å². The zero-order valence-electron chi connectivity index (χ0n) is 25.8. The van der Waals surface area contributed by atoms with Crippen molar-refractivity contribution in [2.24, 2.45) is 23.7 Å². The minimum absolute atomic E-state index is 0.112. The van der Waals surface area contributed by atoms with Crippen molar-refractivity contribution in [1.82, 2.24) is 0 Å². The fourth-order valence-electron chi connectivity index (χ4n) is 6.52. The number of phenols is 1. The number of hydrogen-bond acceptors (Lipinski definition) is 4. The van der Waals surface area contributed by atoms with Gasteiger partial charge in [-0.05, 0) is 99.6 Å². The Hall–Kier alpha value is -2.36. The quantitative estimate of drug-likeness (QED) is 0.256. The Morgan fingerprint density at radius 3 is 2.08 bits per heavy atom. The molecule has 3 rings (SSSR count). The summed E-state index contributed by atoms with van der Waals surface area (Å²) < 4.78 is 6.83. The van der Waals surface area contributed by atoms with Crippen LogP contribution in [0.3, 0.4) is 0 Å². The molecule has 0 bridgehead atoms. The molecular formula is C35H52O4. The molecule has 0 aromatic heterocycles. The van der Waals surface area contributed by atoms with Gasteiger partial charge in [0, 0.05) is 17.1 Å². The monoisotopic (exact) mass is 536 g/mol. The van der Waals surface area contributed by atoms with E-state index in [0.717, 1.165) is 59.1 Å². The molecule has 1 aliphatic carbocycles. The largest absolute Gasteiger partial charge is 0.507 e. The first-order valence-electron chi connectivity index (χ1n) is 15.3. The Kier molecular flexibility index (Phi) is 10.7. The van der Waals surface area contributed by atoms with E-state index in [-0.39, 0.29) is 17.5 Å². The molecule has 216 valence electrons. The topological polar surface area (TPSA) is 63.6 Å². The van der Waals surface area contributed by atoms with Gasteiger partial charge in [-0.1, -0.05) is 72.6 Å². The van der Waals surface area contributed by atoms with E-state index in [4.69, 9.17) is 4.74 Å². The number of carbonyl (C=O) groups is 2. The van der Waals surface area contributed by atoms with Gasteiger partial charge in [0.15, 0.2) is 11.6 Å². The molecule has 39 heavy (non-hydrogen) atoms. The Balaban J connectivity index is 1.68. The fourth-order valence-corrected chi connectivity index (χ4v) is 6.52. The van der Waals surface area contributed by atoms with Crippen LogP contribution >= 0.6 is 0 Å². The van der Waals surface area contributed by atoms with Crippen LogP contribution in [0.5, 0.6) is 11.5 Å². The van der Waals surface area contributed by atoms with E-state index >= 15 is 0 Å². The lowest BCUT2D eigenvalue weighted by atomic mass is 9.70. The van der Waals surface area contributed by atoms with E-state index in [1.54, 1.807) is 0 Å². The Bertz CT molecular complexity index is 1110. The highest BCUT2D eigenvalue weighted by Gasteiger charge is 2.45. The number of allylic oxidation sites excluding steroid dienone is 3. The van der Waals surface area contributed by atoms with Crippen LogP contribution < -0.4 is 4.74 Å². The van der Waals surface area contributed by atoms with E-state index < -0.39 is 5.60 Å². The molecule has 0 spiro atoms. The van der Waals surface area contributed by atoms with Gasteiger partial charge in [0.25, 0.3) is 0 Å². The molecule has 0 fully saturated rings. The van der Waals surface area contributed by atoms with E-state index in [1.807, 2.05) is 20.8 Å². The molecule has 1 N–H and O–H groups in total. The Morgan fingerprint density at radius 1 is 0.872 bits per heavy atom. The molecule has 0 saturated heterocycles. The van der Waals surface area contributed by atoms with Crippen molar-refractivity contribution < 1.29 is 19.4 Å². The lowest BCUT2D eigenvalue weighted by Gasteiger charge is -2.45. The summed E-state index contributed by atoms with van der Waals surface area (Å²) in [5.74, 6) is 2.88. The number of rotatable bonds is 13. The van der Waals surface area contributed by atoms with Crippen molar-refractivity contribution in [2.75, 3.05) is 0 Å². The third-order valence-corrected chi connectivity index (χ3v) is 9.42. The van der Waals surface area contributed by atoms with Crippen LogP contribution in [-0.4, -0.2) is 22.3 Å². The highest BCUT2D eigenvalue weighted by molar-refractivity contribution is 6.17. The SMILES string of the molecule is Cc1c(C)c2c(c(C)c1O)CC(C1=CC(=O)C=CC1=O)[C@](C)(CCCC(C)CCC[C@@H](C)CCCC(C)C)O2. The molecule has 0 amide bonds. The van der Waals surface area contributed by atoms with Crippen LogP contribution in [0, 0.1) is 44.4 Å². The molecule has 1 heterocycles. The molecule has 4 heteroatoms. The average molecular weight is 537 g/mol. The molecule has 2 aliphatic rings. The van der Waals surface area contributed by atoms with Crippen LogP contribution in [0.4, 0.5) is 0 Å². The number of aromatic hydroxyl groups is 1. The van der Waals surface area contributed by atoms with Crippen LogP contribution in [0.2, 0.25) is 0 Å². The van der Waals surface area contributed by atoms with Crippen molar-refractivity contribution in [3.8, 4) is 11.5 Å². The third-order valence-electron chi connectivity index (χ3n) is 9.42.